The molecule has 5 heteroatoms. The van der Waals surface area contributed by atoms with Crippen LogP contribution in [0.15, 0.2) is 36.4 Å². The second-order valence-corrected chi connectivity index (χ2v) is 4.82. The minimum Gasteiger partial charge on any atom is -0.398 e. The van der Waals surface area contributed by atoms with Crippen LogP contribution in [0.3, 0.4) is 0 Å². The van der Waals surface area contributed by atoms with Gasteiger partial charge in [-0.15, -0.1) is 0 Å². The Balaban J connectivity index is 2.22. The van der Waals surface area contributed by atoms with Crippen molar-refractivity contribution in [3.8, 4) is 0 Å². The number of aromatic nitrogens is 1. The molecule has 1 amide bonds. The number of nitrogen functional groups attached to an aromatic ring is 1. The molecule has 2 aromatic rings. The van der Waals surface area contributed by atoms with Gasteiger partial charge >= 0.3 is 0 Å². The Morgan fingerprint density at radius 1 is 1.33 bits per heavy atom. The van der Waals surface area contributed by atoms with Gasteiger partial charge in [0.15, 0.2) is 0 Å². The summed E-state index contributed by atoms with van der Waals surface area (Å²) in [5.74, 6) is -0.675. The zero-order valence-electron chi connectivity index (χ0n) is 12.1. The van der Waals surface area contributed by atoms with Crippen molar-refractivity contribution in [1.82, 2.24) is 9.88 Å². The molecular formula is C16H18FN3O. The normalized spacial score (nSPS) is 10.4. The molecule has 1 aromatic carbocycles. The van der Waals surface area contributed by atoms with Crippen LogP contribution in [0.1, 0.15) is 28.7 Å². The van der Waals surface area contributed by atoms with E-state index in [-0.39, 0.29) is 11.6 Å². The Hall–Kier alpha value is -2.43. The van der Waals surface area contributed by atoms with Crippen molar-refractivity contribution < 1.29 is 9.18 Å². The lowest BCUT2D eigenvalue weighted by molar-refractivity contribution is 0.0751. The first-order chi connectivity index (χ1) is 10.0. The number of nitrogens with zero attached hydrogens (tertiary/aromatic N) is 2. The number of pyridine rings is 1. The van der Waals surface area contributed by atoms with Gasteiger partial charge in [0.25, 0.3) is 5.91 Å². The van der Waals surface area contributed by atoms with Gasteiger partial charge in [0.05, 0.1) is 17.8 Å². The number of hydrogen-bond donors (Lipinski definition) is 1. The van der Waals surface area contributed by atoms with Crippen molar-refractivity contribution in [1.29, 1.82) is 0 Å². The van der Waals surface area contributed by atoms with Crippen molar-refractivity contribution in [2.45, 2.75) is 20.4 Å². The summed E-state index contributed by atoms with van der Waals surface area (Å²) in [5.41, 5.74) is 7.90. The minimum absolute atomic E-state index is 0.149. The zero-order chi connectivity index (χ0) is 15.4. The number of nitrogens with two attached hydrogens (primary N) is 1. The van der Waals surface area contributed by atoms with Crippen molar-refractivity contribution in [2.24, 2.45) is 0 Å². The Bertz CT molecular complexity index is 658. The van der Waals surface area contributed by atoms with Crippen molar-refractivity contribution in [3.63, 3.8) is 0 Å². The van der Waals surface area contributed by atoms with Gasteiger partial charge in [-0.05, 0) is 44.2 Å². The summed E-state index contributed by atoms with van der Waals surface area (Å²) in [6.07, 6.45) is 0. The second kappa shape index (κ2) is 6.35. The van der Waals surface area contributed by atoms with Gasteiger partial charge in [0.2, 0.25) is 0 Å². The fraction of sp³-hybridized carbons (Fsp3) is 0.250. The average Bonchev–Trinajstić information content (AvgIpc) is 2.44. The first-order valence-electron chi connectivity index (χ1n) is 6.78. The number of carbonyl (C=O) groups is 1. The minimum atomic E-state index is -0.451. The van der Waals surface area contributed by atoms with E-state index in [2.05, 4.69) is 4.98 Å². The third kappa shape index (κ3) is 3.56. The van der Waals surface area contributed by atoms with Crippen molar-refractivity contribution in [2.75, 3.05) is 12.3 Å². The summed E-state index contributed by atoms with van der Waals surface area (Å²) in [6.45, 7) is 4.70. The predicted molar refractivity (Wildman–Crippen MR) is 80.2 cm³/mol. The standard InChI is InChI=1S/C16H18FN3O/c1-3-20(10-13-6-4-5-11(2)19-13)16(21)14-8-7-12(17)9-15(14)18/h4-9H,3,10,18H2,1-2H3. The summed E-state index contributed by atoms with van der Waals surface area (Å²) < 4.78 is 13.1. The van der Waals surface area contributed by atoms with Gasteiger partial charge in [0, 0.05) is 17.9 Å². The molecule has 110 valence electrons. The number of halogens is 1. The van der Waals surface area contributed by atoms with Gasteiger partial charge < -0.3 is 10.6 Å². The third-order valence-corrected chi connectivity index (χ3v) is 3.21. The molecule has 0 spiro atoms. The Morgan fingerprint density at radius 2 is 2.10 bits per heavy atom. The summed E-state index contributed by atoms with van der Waals surface area (Å²) in [4.78, 5) is 18.5. The number of anilines is 1. The highest BCUT2D eigenvalue weighted by molar-refractivity contribution is 5.99. The average molecular weight is 287 g/mol. The van der Waals surface area contributed by atoms with Crippen LogP contribution in [0.4, 0.5) is 10.1 Å². The summed E-state index contributed by atoms with van der Waals surface area (Å²) in [6, 6.07) is 9.49. The Kier molecular flexibility index (Phi) is 4.52. The molecule has 0 aliphatic carbocycles. The lowest BCUT2D eigenvalue weighted by Gasteiger charge is -2.21. The molecule has 2 N–H and O–H groups in total. The smallest absolute Gasteiger partial charge is 0.256 e. The molecule has 0 radical (unpaired) electrons. The third-order valence-electron chi connectivity index (χ3n) is 3.21. The van der Waals surface area contributed by atoms with E-state index in [1.165, 1.54) is 12.1 Å². The molecule has 0 aliphatic heterocycles. The molecule has 0 atom stereocenters. The maximum atomic E-state index is 13.1. The highest BCUT2D eigenvalue weighted by atomic mass is 19.1. The van der Waals surface area contributed by atoms with Gasteiger partial charge in [-0.25, -0.2) is 4.39 Å². The fourth-order valence-electron chi connectivity index (χ4n) is 2.11. The number of benzene rings is 1. The van der Waals surface area contributed by atoms with Crippen molar-refractivity contribution >= 4 is 11.6 Å². The van der Waals surface area contributed by atoms with E-state index in [0.717, 1.165) is 17.5 Å². The lowest BCUT2D eigenvalue weighted by Crippen LogP contribution is -2.31. The highest BCUT2D eigenvalue weighted by Gasteiger charge is 2.17. The van der Waals surface area contributed by atoms with Crippen LogP contribution in [0, 0.1) is 12.7 Å². The van der Waals surface area contributed by atoms with Gasteiger partial charge in [-0.3, -0.25) is 9.78 Å². The Labute approximate surface area is 123 Å². The molecule has 1 aromatic heterocycles. The number of rotatable bonds is 4. The molecule has 21 heavy (non-hydrogen) atoms. The lowest BCUT2D eigenvalue weighted by atomic mass is 10.1. The van der Waals surface area contributed by atoms with Crippen LogP contribution in [0.5, 0.6) is 0 Å². The Morgan fingerprint density at radius 3 is 2.71 bits per heavy atom. The molecule has 0 saturated carbocycles. The van der Waals surface area contributed by atoms with E-state index >= 15 is 0 Å². The van der Waals surface area contributed by atoms with Crippen LogP contribution in [-0.4, -0.2) is 22.3 Å². The van der Waals surface area contributed by atoms with Crippen LogP contribution in [-0.2, 0) is 6.54 Å². The highest BCUT2D eigenvalue weighted by Crippen LogP contribution is 2.17. The summed E-state index contributed by atoms with van der Waals surface area (Å²) in [5, 5.41) is 0. The van der Waals surface area contributed by atoms with Crippen LogP contribution in [0.25, 0.3) is 0 Å². The summed E-state index contributed by atoms with van der Waals surface area (Å²) >= 11 is 0. The van der Waals surface area contributed by atoms with E-state index in [1.807, 2.05) is 32.0 Å². The van der Waals surface area contributed by atoms with Crippen LogP contribution in [0.2, 0.25) is 0 Å². The largest absolute Gasteiger partial charge is 0.398 e. The topological polar surface area (TPSA) is 59.2 Å². The first-order valence-corrected chi connectivity index (χ1v) is 6.78. The number of amides is 1. The predicted octanol–water partition coefficient (Wildman–Crippen LogP) is 2.77. The quantitative estimate of drug-likeness (QED) is 0.880. The maximum Gasteiger partial charge on any atom is 0.256 e. The molecule has 2 rings (SSSR count). The van der Waals surface area contributed by atoms with Crippen LogP contribution < -0.4 is 5.73 Å². The van der Waals surface area contributed by atoms with E-state index in [0.29, 0.717) is 18.7 Å². The van der Waals surface area contributed by atoms with Gasteiger partial charge in [-0.2, -0.15) is 0 Å². The summed E-state index contributed by atoms with van der Waals surface area (Å²) in [7, 11) is 0. The molecule has 0 unspecified atom stereocenters. The van der Waals surface area contributed by atoms with Crippen molar-refractivity contribution in [3.05, 3.63) is 59.2 Å². The van der Waals surface area contributed by atoms with E-state index in [1.54, 1.807) is 4.90 Å². The molecule has 4 nitrogen and oxygen atoms in total. The number of aryl methyl sites for hydroxylation is 1. The van der Waals surface area contributed by atoms with E-state index in [9.17, 15) is 9.18 Å². The maximum absolute atomic E-state index is 13.1. The first kappa shape index (κ1) is 15.0. The second-order valence-electron chi connectivity index (χ2n) is 4.82. The molecule has 0 bridgehead atoms. The molecule has 0 fully saturated rings. The molecule has 0 aliphatic rings. The molecule has 0 saturated heterocycles. The number of carbonyl (C=O) groups excluding carboxylic acids is 1. The SMILES string of the molecule is CCN(Cc1cccc(C)n1)C(=O)c1ccc(F)cc1N. The van der Waals surface area contributed by atoms with Gasteiger partial charge in [0.1, 0.15) is 5.82 Å². The van der Waals surface area contributed by atoms with E-state index in [4.69, 9.17) is 5.73 Å². The zero-order valence-corrected chi connectivity index (χ0v) is 12.1. The van der Waals surface area contributed by atoms with E-state index < -0.39 is 5.82 Å². The van der Waals surface area contributed by atoms with Crippen LogP contribution >= 0.6 is 0 Å². The monoisotopic (exact) mass is 287 g/mol. The number of hydrogen-bond acceptors (Lipinski definition) is 3. The molecule has 1 heterocycles. The fourth-order valence-corrected chi connectivity index (χ4v) is 2.11. The van der Waals surface area contributed by atoms with Gasteiger partial charge in [-0.1, -0.05) is 6.07 Å². The molecular weight excluding hydrogens is 269 g/mol.